The molecule has 0 spiro atoms. The highest BCUT2D eigenvalue weighted by Crippen LogP contribution is 1.94. The van der Waals surface area contributed by atoms with Crippen LogP contribution in [-0.2, 0) is 0 Å². The predicted molar refractivity (Wildman–Crippen MR) is 50.6 cm³/mol. The van der Waals surface area contributed by atoms with E-state index in [4.69, 9.17) is 0 Å². The molecule has 2 heteroatoms. The number of hydrogen-bond acceptors (Lipinski definition) is 0. The molecule has 0 radical (unpaired) electrons. The highest BCUT2D eigenvalue weighted by molar-refractivity contribution is 4.98. The lowest BCUT2D eigenvalue weighted by molar-refractivity contribution is -0.801. The summed E-state index contributed by atoms with van der Waals surface area (Å²) in [4.78, 5) is 1.35. The summed E-state index contributed by atoms with van der Waals surface area (Å²) in [5.74, 6) is 0. The molecule has 0 unspecified atom stereocenters. The maximum absolute atomic E-state index is 2.23. The van der Waals surface area contributed by atoms with E-state index in [9.17, 15) is 0 Å². The fraction of sp³-hybridized carbons (Fsp3) is 0.600. The van der Waals surface area contributed by atoms with Crippen LogP contribution >= 0.6 is 0 Å². The summed E-state index contributed by atoms with van der Waals surface area (Å²) in [7, 11) is 4.22. The van der Waals surface area contributed by atoms with Crippen molar-refractivity contribution in [1.82, 2.24) is 0 Å². The zero-order valence-corrected chi connectivity index (χ0v) is 9.06. The predicted octanol–water partition coefficient (Wildman–Crippen LogP) is -1.60. The van der Waals surface area contributed by atoms with Crippen LogP contribution in [0, 0.1) is 0 Å². The highest BCUT2D eigenvalue weighted by atomic mass is 35.5. The molecule has 0 bridgehead atoms. The quantitative estimate of drug-likeness (QED) is 0.393. The van der Waals surface area contributed by atoms with Crippen LogP contribution in [0.15, 0.2) is 24.4 Å². The molecule has 1 N–H and O–H groups in total. The van der Waals surface area contributed by atoms with Gasteiger partial charge >= 0.3 is 0 Å². The number of allylic oxidation sites excluding steroid dienone is 3. The summed E-state index contributed by atoms with van der Waals surface area (Å²) >= 11 is 0. The van der Waals surface area contributed by atoms with Crippen molar-refractivity contribution in [2.45, 2.75) is 26.2 Å². The third-order valence-corrected chi connectivity index (χ3v) is 1.40. The fourth-order valence-electron chi connectivity index (χ4n) is 0.745. The molecule has 0 saturated heterocycles. The molecular formula is C10H20ClN. The summed E-state index contributed by atoms with van der Waals surface area (Å²) in [5.41, 5.74) is 0. The minimum atomic E-state index is 0. The topological polar surface area (TPSA) is 4.44 Å². The van der Waals surface area contributed by atoms with Crippen LogP contribution in [0.2, 0.25) is 0 Å². The van der Waals surface area contributed by atoms with Gasteiger partial charge in [0.1, 0.15) is 0 Å². The summed E-state index contributed by atoms with van der Waals surface area (Å²) < 4.78 is 0. The van der Waals surface area contributed by atoms with E-state index in [0.717, 1.165) is 0 Å². The summed E-state index contributed by atoms with van der Waals surface area (Å²) in [6.07, 6.45) is 12.4. The lowest BCUT2D eigenvalue weighted by Crippen LogP contribution is -3.00. The van der Waals surface area contributed by atoms with Gasteiger partial charge < -0.3 is 17.3 Å². The van der Waals surface area contributed by atoms with Gasteiger partial charge in [0.2, 0.25) is 0 Å². The molecule has 0 aliphatic carbocycles. The lowest BCUT2D eigenvalue weighted by atomic mass is 10.2. The van der Waals surface area contributed by atoms with E-state index >= 15 is 0 Å². The molecule has 0 saturated carbocycles. The van der Waals surface area contributed by atoms with Crippen LogP contribution < -0.4 is 17.3 Å². The Hall–Kier alpha value is -0.270. The maximum atomic E-state index is 2.23. The zero-order valence-electron chi connectivity index (χ0n) is 8.31. The van der Waals surface area contributed by atoms with Gasteiger partial charge in [0.25, 0.3) is 0 Å². The van der Waals surface area contributed by atoms with E-state index in [0.29, 0.717) is 0 Å². The first-order valence-corrected chi connectivity index (χ1v) is 4.40. The molecule has 0 fully saturated rings. The minimum Gasteiger partial charge on any atom is -1.00 e. The zero-order chi connectivity index (χ0) is 8.53. The van der Waals surface area contributed by atoms with Gasteiger partial charge in [0, 0.05) is 0 Å². The minimum absolute atomic E-state index is 0. The fourth-order valence-corrected chi connectivity index (χ4v) is 0.745. The molecule has 72 valence electrons. The van der Waals surface area contributed by atoms with Gasteiger partial charge in [-0.3, -0.25) is 0 Å². The normalized spacial score (nSPS) is 11.3. The first-order valence-electron chi connectivity index (χ1n) is 4.40. The lowest BCUT2D eigenvalue weighted by Gasteiger charge is -1.93. The van der Waals surface area contributed by atoms with Crippen LogP contribution in [0.3, 0.4) is 0 Å². The number of nitrogens with one attached hydrogen (secondary N) is 1. The van der Waals surface area contributed by atoms with Gasteiger partial charge in [0.05, 0.1) is 20.3 Å². The molecule has 0 heterocycles. The second kappa shape index (κ2) is 10.7. The van der Waals surface area contributed by atoms with Crippen LogP contribution in [-0.4, -0.2) is 14.1 Å². The maximum Gasteiger partial charge on any atom is 0.0937 e. The third-order valence-electron chi connectivity index (χ3n) is 1.40. The Morgan fingerprint density at radius 3 is 2.33 bits per heavy atom. The summed E-state index contributed by atoms with van der Waals surface area (Å²) in [6, 6.07) is 0. The Bertz CT molecular complexity index is 128. The van der Waals surface area contributed by atoms with Crippen LogP contribution in [0.5, 0.6) is 0 Å². The van der Waals surface area contributed by atoms with Crippen molar-refractivity contribution in [3.05, 3.63) is 24.4 Å². The van der Waals surface area contributed by atoms with Gasteiger partial charge in [-0.1, -0.05) is 31.9 Å². The Balaban J connectivity index is 0. The molecule has 1 nitrogen and oxygen atoms in total. The summed E-state index contributed by atoms with van der Waals surface area (Å²) in [6.45, 7) is 2.22. The molecular weight excluding hydrogens is 170 g/mol. The molecule has 0 aromatic rings. The van der Waals surface area contributed by atoms with E-state index in [-0.39, 0.29) is 12.4 Å². The summed E-state index contributed by atoms with van der Waals surface area (Å²) in [5, 5.41) is 0. The number of halogens is 1. The number of quaternary nitrogens is 1. The van der Waals surface area contributed by atoms with Crippen LogP contribution in [0.4, 0.5) is 0 Å². The van der Waals surface area contributed by atoms with E-state index in [1.165, 1.54) is 24.2 Å². The van der Waals surface area contributed by atoms with Gasteiger partial charge in [-0.15, -0.1) is 0 Å². The van der Waals surface area contributed by atoms with Crippen molar-refractivity contribution in [3.8, 4) is 0 Å². The standard InChI is InChI=1S/C10H19N.ClH/c1-4-5-6-7-8-9-10-11(2)3;/h7-10H,4-6H2,1-3H3;1H. The first-order chi connectivity index (χ1) is 5.27. The van der Waals surface area contributed by atoms with E-state index < -0.39 is 0 Å². The van der Waals surface area contributed by atoms with Crippen LogP contribution in [0.25, 0.3) is 0 Å². The molecule has 0 amide bonds. The first kappa shape index (κ1) is 14.3. The van der Waals surface area contributed by atoms with Crippen molar-refractivity contribution in [3.63, 3.8) is 0 Å². The molecule has 0 atom stereocenters. The van der Waals surface area contributed by atoms with Gasteiger partial charge in [-0.2, -0.15) is 0 Å². The SMILES string of the molecule is CCCCC=CC=C[NH+](C)C.[Cl-]. The van der Waals surface area contributed by atoms with Crippen molar-refractivity contribution >= 4 is 0 Å². The van der Waals surface area contributed by atoms with Crippen molar-refractivity contribution in [2.75, 3.05) is 14.1 Å². The van der Waals surface area contributed by atoms with E-state index in [1.54, 1.807) is 0 Å². The van der Waals surface area contributed by atoms with Gasteiger partial charge in [0.15, 0.2) is 0 Å². The van der Waals surface area contributed by atoms with Gasteiger partial charge in [-0.25, -0.2) is 0 Å². The molecule has 0 aromatic carbocycles. The molecule has 0 aromatic heterocycles. The van der Waals surface area contributed by atoms with Crippen molar-refractivity contribution in [1.29, 1.82) is 0 Å². The third kappa shape index (κ3) is 12.4. The average Bonchev–Trinajstić information content (AvgIpc) is 1.96. The second-order valence-corrected chi connectivity index (χ2v) is 3.01. The average molecular weight is 190 g/mol. The molecule has 0 rings (SSSR count). The molecule has 0 aliphatic rings. The Morgan fingerprint density at radius 1 is 1.17 bits per heavy atom. The number of unbranched alkanes of at least 4 members (excludes halogenated alkanes) is 2. The monoisotopic (exact) mass is 189 g/mol. The van der Waals surface area contributed by atoms with Crippen molar-refractivity contribution in [2.24, 2.45) is 0 Å². The Labute approximate surface area is 82.6 Å². The van der Waals surface area contributed by atoms with Crippen molar-refractivity contribution < 1.29 is 17.3 Å². The molecule has 12 heavy (non-hydrogen) atoms. The Kier molecular flexibility index (Phi) is 12.8. The number of rotatable bonds is 5. The largest absolute Gasteiger partial charge is 1.00 e. The Morgan fingerprint density at radius 2 is 1.83 bits per heavy atom. The van der Waals surface area contributed by atoms with E-state index in [1.807, 2.05) is 0 Å². The second-order valence-electron chi connectivity index (χ2n) is 3.01. The molecule has 0 aliphatic heterocycles. The number of hydrogen-bond donors (Lipinski definition) is 1. The van der Waals surface area contributed by atoms with Gasteiger partial charge in [-0.05, 0) is 12.5 Å². The van der Waals surface area contributed by atoms with Crippen LogP contribution in [0.1, 0.15) is 26.2 Å². The van der Waals surface area contributed by atoms with E-state index in [2.05, 4.69) is 45.4 Å². The highest BCUT2D eigenvalue weighted by Gasteiger charge is 1.78. The smallest absolute Gasteiger partial charge is 0.0937 e.